The molecule has 33 heavy (non-hydrogen) atoms. The molecular weight excluding hydrogens is 447 g/mol. The number of hydrogen-bond acceptors (Lipinski definition) is 6. The minimum atomic E-state index is -0.637. The lowest BCUT2D eigenvalue weighted by atomic mass is 10.0. The van der Waals surface area contributed by atoms with Gasteiger partial charge >= 0.3 is 0 Å². The van der Waals surface area contributed by atoms with E-state index >= 15 is 0 Å². The second kappa shape index (κ2) is 9.51. The van der Waals surface area contributed by atoms with E-state index in [1.807, 2.05) is 0 Å². The number of fused-ring (bicyclic) bond motifs is 1. The van der Waals surface area contributed by atoms with Crippen molar-refractivity contribution in [1.82, 2.24) is 25.1 Å². The highest BCUT2D eigenvalue weighted by atomic mass is 35.5. The highest BCUT2D eigenvalue weighted by Gasteiger charge is 2.21. The smallest absolute Gasteiger partial charge is 0.252 e. The zero-order valence-corrected chi connectivity index (χ0v) is 18.7. The van der Waals surface area contributed by atoms with Crippen molar-refractivity contribution in [3.05, 3.63) is 82.5 Å². The van der Waals surface area contributed by atoms with E-state index in [0.29, 0.717) is 28.2 Å². The number of nitrogens with one attached hydrogen (secondary N) is 2. The maximum atomic E-state index is 14.1. The quantitative estimate of drug-likeness (QED) is 0.383. The fraction of sp³-hybridized carbons (Fsp3) is 0.217. The van der Waals surface area contributed by atoms with E-state index in [2.05, 4.69) is 25.7 Å². The Morgan fingerprint density at radius 2 is 2.03 bits per heavy atom. The predicted molar refractivity (Wildman–Crippen MR) is 124 cm³/mol. The fourth-order valence-corrected chi connectivity index (χ4v) is 3.47. The summed E-state index contributed by atoms with van der Waals surface area (Å²) in [6.45, 7) is 1.74. The molecule has 0 saturated carbocycles. The van der Waals surface area contributed by atoms with Crippen LogP contribution < -0.4 is 10.6 Å². The molecular formula is C23H22ClFN6O2. The third-order valence-corrected chi connectivity index (χ3v) is 5.41. The Labute approximate surface area is 194 Å². The van der Waals surface area contributed by atoms with Crippen LogP contribution in [-0.2, 0) is 7.05 Å². The summed E-state index contributed by atoms with van der Waals surface area (Å²) >= 11 is 5.84. The van der Waals surface area contributed by atoms with Gasteiger partial charge < -0.3 is 15.7 Å². The van der Waals surface area contributed by atoms with Crippen molar-refractivity contribution in [3.8, 4) is 0 Å². The Kier molecular flexibility index (Phi) is 6.52. The van der Waals surface area contributed by atoms with Crippen molar-refractivity contribution in [2.75, 3.05) is 11.9 Å². The van der Waals surface area contributed by atoms with Gasteiger partial charge in [0.15, 0.2) is 0 Å². The number of amides is 1. The molecule has 2 aromatic carbocycles. The van der Waals surface area contributed by atoms with Crippen molar-refractivity contribution in [1.29, 1.82) is 0 Å². The number of anilines is 1. The highest BCUT2D eigenvalue weighted by molar-refractivity contribution is 6.30. The number of hydrogen-bond donors (Lipinski definition) is 3. The van der Waals surface area contributed by atoms with Crippen molar-refractivity contribution in [2.45, 2.75) is 19.0 Å². The molecule has 2 atom stereocenters. The summed E-state index contributed by atoms with van der Waals surface area (Å²) < 4.78 is 15.8. The zero-order valence-electron chi connectivity index (χ0n) is 18.0. The first-order valence-corrected chi connectivity index (χ1v) is 10.6. The summed E-state index contributed by atoms with van der Waals surface area (Å²) in [5, 5.41) is 20.1. The van der Waals surface area contributed by atoms with Gasteiger partial charge in [-0.15, -0.1) is 0 Å². The molecule has 8 nitrogen and oxygen atoms in total. The van der Waals surface area contributed by atoms with Gasteiger partial charge in [-0.25, -0.2) is 14.4 Å². The first kappa shape index (κ1) is 22.6. The Morgan fingerprint density at radius 1 is 1.21 bits per heavy atom. The molecule has 170 valence electrons. The molecule has 0 aliphatic carbocycles. The molecule has 0 spiro atoms. The largest absolute Gasteiger partial charge is 0.394 e. The molecule has 2 heterocycles. The second-order valence-corrected chi connectivity index (χ2v) is 8.13. The van der Waals surface area contributed by atoms with Crippen LogP contribution in [0.2, 0.25) is 5.02 Å². The van der Waals surface area contributed by atoms with Crippen LogP contribution in [0.4, 0.5) is 10.3 Å². The average Bonchev–Trinajstić information content (AvgIpc) is 3.24. The lowest BCUT2D eigenvalue weighted by molar-refractivity contribution is 0.0943. The lowest BCUT2D eigenvalue weighted by Crippen LogP contribution is -2.29. The van der Waals surface area contributed by atoms with E-state index in [1.165, 1.54) is 12.1 Å². The Hall–Kier alpha value is -3.56. The monoisotopic (exact) mass is 468 g/mol. The summed E-state index contributed by atoms with van der Waals surface area (Å²) in [6, 6.07) is 8.65. The van der Waals surface area contributed by atoms with Crippen LogP contribution in [0.5, 0.6) is 0 Å². The molecule has 2 aromatic heterocycles. The third-order valence-electron chi connectivity index (χ3n) is 5.10. The first-order valence-electron chi connectivity index (χ1n) is 10.2. The van der Waals surface area contributed by atoms with E-state index in [0.717, 1.165) is 5.39 Å². The number of aliphatic hydroxyl groups excluding tert-OH is 1. The molecule has 0 fully saturated rings. The number of carbonyl (C=O) groups excluding carboxylic acids is 1. The number of halogens is 2. The molecule has 10 heteroatoms. The molecule has 4 aromatic rings. The van der Waals surface area contributed by atoms with Gasteiger partial charge in [-0.1, -0.05) is 23.7 Å². The number of benzene rings is 2. The molecule has 3 N–H and O–H groups in total. The third kappa shape index (κ3) is 5.10. The van der Waals surface area contributed by atoms with E-state index < -0.39 is 11.9 Å². The number of nitrogens with zero attached hydrogens (tertiary/aromatic N) is 4. The van der Waals surface area contributed by atoms with Crippen LogP contribution >= 0.6 is 11.6 Å². The first-order chi connectivity index (χ1) is 15.8. The SMILES string of the molecule is C[C@@H](CO)Nc1ncc2ccc(C(=O)N[C@@H](c3ccc(Cl)c(F)c3)c3cnn(C)c3)cc2n1. The zero-order chi connectivity index (χ0) is 23.5. The molecule has 0 unspecified atom stereocenters. The van der Waals surface area contributed by atoms with Crippen molar-refractivity contribution in [2.24, 2.45) is 7.05 Å². The van der Waals surface area contributed by atoms with Gasteiger partial charge in [0.25, 0.3) is 5.91 Å². The van der Waals surface area contributed by atoms with Gasteiger partial charge in [0, 0.05) is 42.0 Å². The summed E-state index contributed by atoms with van der Waals surface area (Å²) in [7, 11) is 1.76. The van der Waals surface area contributed by atoms with E-state index in [1.54, 1.807) is 61.5 Å². The normalized spacial score (nSPS) is 13.0. The summed E-state index contributed by atoms with van der Waals surface area (Å²) in [4.78, 5) is 21.8. The van der Waals surface area contributed by atoms with Crippen LogP contribution in [-0.4, -0.2) is 43.4 Å². The van der Waals surface area contributed by atoms with E-state index in [-0.39, 0.29) is 23.6 Å². The van der Waals surface area contributed by atoms with Crippen LogP contribution in [0.3, 0.4) is 0 Å². The average molecular weight is 469 g/mol. The Balaban J connectivity index is 1.65. The molecule has 0 aliphatic heterocycles. The molecule has 0 saturated heterocycles. The second-order valence-electron chi connectivity index (χ2n) is 7.72. The van der Waals surface area contributed by atoms with Crippen LogP contribution in [0.15, 0.2) is 55.0 Å². The van der Waals surface area contributed by atoms with Gasteiger partial charge in [-0.2, -0.15) is 5.10 Å². The van der Waals surface area contributed by atoms with Gasteiger partial charge in [-0.05, 0) is 36.8 Å². The van der Waals surface area contributed by atoms with Crippen molar-refractivity contribution >= 4 is 34.4 Å². The summed E-state index contributed by atoms with van der Waals surface area (Å²) in [5.41, 5.74) is 2.18. The predicted octanol–water partition coefficient (Wildman–Crippen LogP) is 3.47. The van der Waals surface area contributed by atoms with Crippen molar-refractivity contribution < 1.29 is 14.3 Å². The Morgan fingerprint density at radius 3 is 2.73 bits per heavy atom. The summed E-state index contributed by atoms with van der Waals surface area (Å²) in [6.07, 6.45) is 5.02. The number of rotatable bonds is 7. The minimum Gasteiger partial charge on any atom is -0.394 e. The topological polar surface area (TPSA) is 105 Å². The maximum Gasteiger partial charge on any atom is 0.252 e. The molecule has 0 bridgehead atoms. The molecule has 4 rings (SSSR count). The molecule has 1 amide bonds. The van der Waals surface area contributed by atoms with Gasteiger partial charge in [0.1, 0.15) is 5.82 Å². The standard InChI is InChI=1S/C23H22ClFN6O2/c1-13(12-32)28-23-26-9-16-4-3-15(8-20(16)29-23)22(33)30-21(17-10-27-31(2)11-17)14-5-6-18(24)19(25)7-14/h3-11,13,21,32H,12H2,1-2H3,(H,30,33)(H,26,28,29)/t13-,21-/m0/s1. The Bertz CT molecular complexity index is 1310. The highest BCUT2D eigenvalue weighted by Crippen LogP contribution is 2.26. The number of aryl methyl sites for hydroxylation is 1. The molecule has 0 aliphatic rings. The maximum absolute atomic E-state index is 14.1. The van der Waals surface area contributed by atoms with E-state index in [9.17, 15) is 14.3 Å². The number of aromatic nitrogens is 4. The fourth-order valence-electron chi connectivity index (χ4n) is 3.35. The van der Waals surface area contributed by atoms with E-state index in [4.69, 9.17) is 11.6 Å². The van der Waals surface area contributed by atoms with Gasteiger partial charge in [0.05, 0.1) is 29.4 Å². The number of carbonyl (C=O) groups is 1. The molecule has 0 radical (unpaired) electrons. The lowest BCUT2D eigenvalue weighted by Gasteiger charge is -2.19. The van der Waals surface area contributed by atoms with Gasteiger partial charge in [-0.3, -0.25) is 9.48 Å². The van der Waals surface area contributed by atoms with Crippen LogP contribution in [0, 0.1) is 5.82 Å². The summed E-state index contributed by atoms with van der Waals surface area (Å²) in [5.74, 6) is -0.582. The minimum absolute atomic E-state index is 0.00385. The van der Waals surface area contributed by atoms with Crippen LogP contribution in [0.25, 0.3) is 10.9 Å². The van der Waals surface area contributed by atoms with Crippen LogP contribution in [0.1, 0.15) is 34.5 Å². The number of aliphatic hydroxyl groups is 1. The van der Waals surface area contributed by atoms with Gasteiger partial charge in [0.2, 0.25) is 5.95 Å². The van der Waals surface area contributed by atoms with Crippen molar-refractivity contribution in [3.63, 3.8) is 0 Å².